The first-order chi connectivity index (χ1) is 63.1. The van der Waals surface area contributed by atoms with E-state index in [2.05, 4.69) is 92.3 Å². The zero-order valence-corrected chi connectivity index (χ0v) is 76.9. The van der Waals surface area contributed by atoms with Gasteiger partial charge in [-0.25, -0.2) is 62.0 Å². The summed E-state index contributed by atoms with van der Waals surface area (Å²) in [4.78, 5) is 144. The first-order valence-corrected chi connectivity index (χ1v) is 54.4. The van der Waals surface area contributed by atoms with Gasteiger partial charge in [-0.15, -0.1) is 5.10 Å². The Morgan fingerprint density at radius 3 is 1.14 bits per heavy atom. The highest BCUT2D eigenvalue weighted by molar-refractivity contribution is 8.44. The third-order valence-corrected chi connectivity index (χ3v) is 31.2. The van der Waals surface area contributed by atoms with Crippen LogP contribution in [0.5, 0.6) is 0 Å². The van der Waals surface area contributed by atoms with Crippen molar-refractivity contribution in [2.75, 3.05) is 74.0 Å². The summed E-state index contributed by atoms with van der Waals surface area (Å²) in [5.41, 5.74) is 35.3. The van der Waals surface area contributed by atoms with Gasteiger partial charge in [0, 0.05) is 31.4 Å². The summed E-state index contributed by atoms with van der Waals surface area (Å²) in [6, 6.07) is 4.57. The Bertz CT molecular complexity index is 6790. The highest BCUT2D eigenvalue weighted by Gasteiger charge is 2.58. The lowest BCUT2D eigenvalue weighted by molar-refractivity contribution is -0.0617. The van der Waals surface area contributed by atoms with E-state index in [0.717, 1.165) is 15.6 Å². The maximum atomic E-state index is 16.0. The fourth-order valence-corrected chi connectivity index (χ4v) is 24.6. The number of imidazole rings is 5. The van der Waals surface area contributed by atoms with Crippen molar-refractivity contribution < 1.29 is 129 Å². The van der Waals surface area contributed by atoms with E-state index in [0.29, 0.717) is 22.4 Å². The van der Waals surface area contributed by atoms with Crippen molar-refractivity contribution in [1.29, 1.82) is 0 Å². The van der Waals surface area contributed by atoms with Gasteiger partial charge in [0.1, 0.15) is 72.1 Å². The highest BCUT2D eigenvalue weighted by Crippen LogP contribution is 2.61. The van der Waals surface area contributed by atoms with Crippen LogP contribution in [0.3, 0.4) is 0 Å². The number of rotatable bonds is 6. The van der Waals surface area contributed by atoms with Gasteiger partial charge in [-0.05, 0) is 77.2 Å². The fourth-order valence-electron chi connectivity index (χ4n) is 15.9. The van der Waals surface area contributed by atoms with Crippen LogP contribution in [0.25, 0.3) is 67.0 Å². The topological polar surface area (TPSA) is 736 Å². The molecule has 0 amide bonds. The molecular weight excluding hydrogens is 2020 g/mol. The van der Waals surface area contributed by atoms with E-state index in [1.807, 2.05) is 0 Å². The molecule has 133 heavy (non-hydrogen) atoms. The summed E-state index contributed by atoms with van der Waals surface area (Å²) in [5.74, 6) is -0.580. The molecule has 0 radical (unpaired) electrons. The predicted molar refractivity (Wildman–Crippen MR) is 468 cm³/mol. The van der Waals surface area contributed by atoms with Crippen molar-refractivity contribution in [2.24, 2.45) is 0 Å². The van der Waals surface area contributed by atoms with Crippen molar-refractivity contribution >= 4 is 214 Å². The molecular formula is C62H70F4N28O27P6S6. The number of nitrogen functional groups attached to an aromatic ring is 6. The Hall–Kier alpha value is -7.73. The van der Waals surface area contributed by atoms with Crippen molar-refractivity contribution in [3.05, 3.63) is 99.5 Å². The number of hydrogen-bond donors (Lipinski definition) is 15. The molecule has 10 unspecified atom stereocenters. The van der Waals surface area contributed by atoms with Crippen LogP contribution >= 0.6 is 52.6 Å². The van der Waals surface area contributed by atoms with Crippen molar-refractivity contribution in [3.8, 4) is 0 Å². The molecule has 6 bridgehead atoms. The summed E-state index contributed by atoms with van der Waals surface area (Å²) >= 11 is 30.1. The van der Waals surface area contributed by atoms with Crippen LogP contribution in [-0.2, 0) is 146 Å². The lowest BCUT2D eigenvalue weighted by atomic mass is 10.1. The van der Waals surface area contributed by atoms with Crippen LogP contribution in [-0.4, -0.2) is 270 Å². The maximum Gasteiger partial charge on any atom is 0.386 e. The molecule has 21 heterocycles. The minimum Gasteiger partial charge on any atom is -0.397 e. The number of H-pyrrole nitrogens is 3. The van der Waals surface area contributed by atoms with Gasteiger partial charge in [0.15, 0.2) is 118 Å². The van der Waals surface area contributed by atoms with Gasteiger partial charge in [0.25, 0.3) is 16.7 Å². The number of nitrogens with two attached hydrogens (primary N) is 6. The average molecular weight is 2090 g/mol. The number of halogens is 4. The normalized spacial score (nSPS) is 36.9. The molecule has 0 aliphatic carbocycles. The van der Waals surface area contributed by atoms with Gasteiger partial charge in [-0.3, -0.25) is 74.8 Å². The van der Waals surface area contributed by atoms with Crippen LogP contribution in [0.2, 0.25) is 0 Å². The number of ether oxygens (including phenoxy) is 6. The molecule has 9 fully saturated rings. The molecule has 12 aromatic rings. The molecule has 21 rings (SSSR count). The van der Waals surface area contributed by atoms with Crippen LogP contribution in [0.15, 0.2) is 82.8 Å². The first kappa shape index (κ1) is 94.2. The number of nitrogens with zero attached hydrogens (tertiary/aromatic N) is 19. The lowest BCUT2D eigenvalue weighted by Crippen LogP contribution is -2.34. The largest absolute Gasteiger partial charge is 0.397 e. The summed E-state index contributed by atoms with van der Waals surface area (Å²) in [5, 5.41) is 7.82. The third kappa shape index (κ3) is 18.8. The number of thiol groups is 1. The number of aromatic nitrogens is 22. The molecule has 9 aliphatic rings. The second kappa shape index (κ2) is 36.2. The van der Waals surface area contributed by atoms with Gasteiger partial charge in [-0.1, -0.05) is 17.5 Å². The second-order valence-corrected chi connectivity index (χ2v) is 47.2. The van der Waals surface area contributed by atoms with E-state index in [1.54, 1.807) is 12.1 Å². The quantitative estimate of drug-likeness (QED) is 0.0639. The highest BCUT2D eigenvalue weighted by atomic mass is 32.7. The molecule has 28 atom stereocenters. The summed E-state index contributed by atoms with van der Waals surface area (Å²) < 4.78 is 187. The third-order valence-electron chi connectivity index (χ3n) is 21.7. The Kier molecular flexibility index (Phi) is 25.7. The van der Waals surface area contributed by atoms with E-state index >= 15 is 17.6 Å². The Morgan fingerprint density at radius 1 is 0.368 bits per heavy atom. The van der Waals surface area contributed by atoms with Gasteiger partial charge < -0.3 is 119 Å². The monoisotopic (exact) mass is 2090 g/mol. The fraction of sp³-hybridized carbons (Fsp3) is 0.484. The number of alkyl halides is 4. The minimum absolute atomic E-state index is 0.0158. The number of aromatic amines is 3. The maximum absolute atomic E-state index is 16.0. The van der Waals surface area contributed by atoms with Crippen LogP contribution in [0, 0.1) is 0 Å². The van der Waals surface area contributed by atoms with E-state index < -0.39 is 219 Å². The van der Waals surface area contributed by atoms with Gasteiger partial charge in [0.2, 0.25) is 17.8 Å². The molecule has 71 heteroatoms. The van der Waals surface area contributed by atoms with Gasteiger partial charge in [0.05, 0.1) is 101 Å². The SMILES string of the molecule is Nc1nc2c(ncn2[C@@H]2O[C@@H]3COP(=O)(S)O[C@@H]4C(F)[C@H](n5cnc6c(N)ccnc65)O[C@@H]4COP(O)(=S)OC2C3)c(=O)[nH]1.Nc1nc2c(ncn2[C@@H]2O[C@@H]3COP(O)(=S)O[C@@H]4C(F)[C@H](n5cnc6c(N)ccnc65)O[C@@H]4COP(O)(=S)OC2C3)c(=O)[nH]1.Nc1nc2c(ncn2[C@@H]2O[C@@H]3COP(O)(=S)O[C@H]4[C@H](F)[C@H](n5nnc6c(N)ccnc65)O[C@@H]4COP(O)(=S)O[C@@H]2[C@@H]3F)c(=O)[nH]1. The van der Waals surface area contributed by atoms with Crippen molar-refractivity contribution in [2.45, 2.75) is 148 Å². The Morgan fingerprint density at radius 2 is 0.699 bits per heavy atom. The molecule has 55 nitrogen and oxygen atoms in total. The standard InChI is InChI=1S/2C21H24FN9O9P2S2.C20H22F2N10O9P2S2/c2*22-12-15-11(38-20(12)30-6-26-13-9(23)1-2-25-16(13)30)5-36-41(33,43)39-10-3-8(4-35-42(34,44)40-15)37-19(10)31-7-27-14-17(31)28-21(24)29-18(14)32;21-9-7-3-36-42(34,44)40-13-8(39-18(10(13)22)32-15-11(29-30-32)6(23)1-2-25-15)4-37-43(35,45)41-14(9)19(38-7)31-5-26-12-16(31)27-20(24)28-17(12)33/h2*1-2,6-8,10-12,15,19-20H,3-5H2,(H2,23,25)(H,33,43)(H,34,44)(H3,24,28,29,32);1-2,5,7-10,13-14,18-19H,3-4H2,(H2,23,25)(H,34,44)(H,35,45)(H3,24,27,28,33)/t2*8-,10?,11+,12?,15-,19+,20+,41?,42?;7-,8-,9-,10+,13-,14-,18-,19-,42?,43?/m001/s1. The van der Waals surface area contributed by atoms with Gasteiger partial charge in [-0.2, -0.15) is 19.6 Å². The molecule has 20 N–H and O–H groups in total. The molecule has 12 aromatic heterocycles. The molecule has 9 aliphatic heterocycles. The number of pyridine rings is 3. The molecule has 714 valence electrons. The predicted octanol–water partition coefficient (Wildman–Crippen LogP) is 1.67. The summed E-state index contributed by atoms with van der Waals surface area (Å²) in [6.07, 6.45) is -20.5. The minimum atomic E-state index is -4.36. The Balaban J connectivity index is 0.000000129. The molecule has 0 aromatic carbocycles. The number of fused-ring (bicyclic) bond motifs is 15. The second-order valence-electron chi connectivity index (χ2n) is 30.3. The zero-order chi connectivity index (χ0) is 93.8. The lowest BCUT2D eigenvalue weighted by Gasteiger charge is -2.27. The molecule has 9 saturated heterocycles. The molecule has 0 spiro atoms. The number of nitrogens with one attached hydrogen (secondary N) is 3. The molecule has 0 saturated carbocycles. The van der Waals surface area contributed by atoms with Crippen LogP contribution in [0.4, 0.5) is 52.5 Å². The van der Waals surface area contributed by atoms with Crippen LogP contribution < -0.4 is 51.1 Å². The van der Waals surface area contributed by atoms with Crippen molar-refractivity contribution in [1.82, 2.24) is 108 Å². The van der Waals surface area contributed by atoms with E-state index in [4.69, 9.17) is 176 Å². The van der Waals surface area contributed by atoms with Gasteiger partial charge >= 0.3 is 40.4 Å². The smallest absolute Gasteiger partial charge is 0.386 e. The first-order valence-electron chi connectivity index (χ1n) is 38.8. The van der Waals surface area contributed by atoms with E-state index in [9.17, 15) is 43.4 Å². The average Bonchev–Trinajstić information content (AvgIpc) is 1.60. The zero-order valence-electron chi connectivity index (χ0n) is 66.6. The van der Waals surface area contributed by atoms with Crippen molar-refractivity contribution in [3.63, 3.8) is 0 Å². The van der Waals surface area contributed by atoms with E-state index in [1.165, 1.54) is 68.2 Å². The summed E-state index contributed by atoms with van der Waals surface area (Å²) in [6.45, 7) is -28.3. The van der Waals surface area contributed by atoms with E-state index in [-0.39, 0.29) is 106 Å². The number of anilines is 6. The Labute approximate surface area is 767 Å². The summed E-state index contributed by atoms with van der Waals surface area (Å²) in [7, 11) is 0. The van der Waals surface area contributed by atoms with Crippen LogP contribution in [0.1, 0.15) is 50.2 Å². The number of hydrogen-bond acceptors (Lipinski definition) is 46.